The molecule has 1 aliphatic heterocycles. The molecule has 178 valence electrons. The van der Waals surface area contributed by atoms with Crippen molar-refractivity contribution in [2.75, 3.05) is 18.4 Å². The average molecular weight is 480 g/mol. The number of likely N-dealkylation sites (tertiary alicyclic amines) is 1. The molecule has 0 bridgehead atoms. The Kier molecular flexibility index (Phi) is 8.19. The molecule has 34 heavy (non-hydrogen) atoms. The predicted molar refractivity (Wildman–Crippen MR) is 131 cm³/mol. The van der Waals surface area contributed by atoms with Crippen molar-refractivity contribution in [2.45, 2.75) is 55.4 Å². The van der Waals surface area contributed by atoms with Crippen molar-refractivity contribution in [3.8, 4) is 5.88 Å². The smallest absolute Gasteiger partial charge is 0.410 e. The lowest BCUT2D eigenvalue weighted by atomic mass is 10.1. The van der Waals surface area contributed by atoms with E-state index in [4.69, 9.17) is 9.47 Å². The van der Waals surface area contributed by atoms with Gasteiger partial charge in [-0.1, -0.05) is 30.0 Å². The molecular formula is C25H29N5O3S. The van der Waals surface area contributed by atoms with Crippen LogP contribution in [0.5, 0.6) is 5.88 Å². The molecule has 8 nitrogen and oxygen atoms in total. The fraction of sp³-hybridized carbons (Fsp3) is 0.360. The standard InChI is InChI=1S/C25H29N5O3S/c1-18(2)32-25(31)30-13-10-20(11-14-30)33-23-15-22(28-17-29-23)27-16-19-6-8-21(9-7-19)34-24-5-3-4-12-26-24/h3-9,12,15,17-18,20H,10-11,13-14,16H2,1-2H3,(H,27,28,29). The maximum absolute atomic E-state index is 12.0. The van der Waals surface area contributed by atoms with Crippen molar-refractivity contribution in [1.82, 2.24) is 19.9 Å². The van der Waals surface area contributed by atoms with Crippen LogP contribution in [0.3, 0.4) is 0 Å². The normalized spacial score (nSPS) is 14.1. The Hall–Kier alpha value is -3.33. The summed E-state index contributed by atoms with van der Waals surface area (Å²) in [6, 6.07) is 16.1. The SMILES string of the molecule is CC(C)OC(=O)N1CCC(Oc2cc(NCc3ccc(Sc4ccccn4)cc3)ncn2)CC1. The summed E-state index contributed by atoms with van der Waals surface area (Å²) >= 11 is 1.64. The molecule has 1 saturated heterocycles. The summed E-state index contributed by atoms with van der Waals surface area (Å²) in [5.41, 5.74) is 1.15. The zero-order chi connectivity index (χ0) is 23.8. The monoisotopic (exact) mass is 479 g/mol. The number of hydrogen-bond acceptors (Lipinski definition) is 8. The Morgan fingerprint density at radius 3 is 2.62 bits per heavy atom. The second-order valence-corrected chi connectivity index (χ2v) is 9.34. The number of carbonyl (C=O) groups is 1. The van der Waals surface area contributed by atoms with Gasteiger partial charge in [0.25, 0.3) is 0 Å². The van der Waals surface area contributed by atoms with Crippen LogP contribution in [-0.2, 0) is 11.3 Å². The highest BCUT2D eigenvalue weighted by molar-refractivity contribution is 7.99. The van der Waals surface area contributed by atoms with Crippen LogP contribution in [0.1, 0.15) is 32.3 Å². The minimum absolute atomic E-state index is 0.00926. The molecule has 0 spiro atoms. The lowest BCUT2D eigenvalue weighted by Crippen LogP contribution is -2.42. The van der Waals surface area contributed by atoms with E-state index in [-0.39, 0.29) is 18.3 Å². The molecule has 9 heteroatoms. The summed E-state index contributed by atoms with van der Waals surface area (Å²) in [7, 11) is 0. The topological polar surface area (TPSA) is 89.5 Å². The summed E-state index contributed by atoms with van der Waals surface area (Å²) in [6.07, 6.45) is 4.41. The first-order valence-electron chi connectivity index (χ1n) is 11.4. The Bertz CT molecular complexity index is 1060. The van der Waals surface area contributed by atoms with Crippen LogP contribution in [0.4, 0.5) is 10.6 Å². The van der Waals surface area contributed by atoms with Crippen LogP contribution in [0.25, 0.3) is 0 Å². The Balaban J connectivity index is 1.24. The van der Waals surface area contributed by atoms with Crippen LogP contribution in [0.2, 0.25) is 0 Å². The molecule has 0 aliphatic carbocycles. The minimum Gasteiger partial charge on any atom is -0.474 e. The van der Waals surface area contributed by atoms with E-state index in [0.717, 1.165) is 28.3 Å². The zero-order valence-corrected chi connectivity index (χ0v) is 20.2. The maximum atomic E-state index is 12.0. The highest BCUT2D eigenvalue weighted by Gasteiger charge is 2.25. The van der Waals surface area contributed by atoms with Gasteiger partial charge in [0.15, 0.2) is 0 Å². The lowest BCUT2D eigenvalue weighted by Gasteiger charge is -2.31. The van der Waals surface area contributed by atoms with E-state index in [0.29, 0.717) is 31.3 Å². The zero-order valence-electron chi connectivity index (χ0n) is 19.4. The van der Waals surface area contributed by atoms with Crippen LogP contribution in [0.15, 0.2) is 71.0 Å². The highest BCUT2D eigenvalue weighted by Crippen LogP contribution is 2.26. The van der Waals surface area contributed by atoms with E-state index in [1.807, 2.05) is 38.1 Å². The van der Waals surface area contributed by atoms with Crippen LogP contribution in [0, 0.1) is 0 Å². The number of hydrogen-bond donors (Lipinski definition) is 1. The number of carbonyl (C=O) groups excluding carboxylic acids is 1. The Morgan fingerprint density at radius 1 is 1.12 bits per heavy atom. The summed E-state index contributed by atoms with van der Waals surface area (Å²) < 4.78 is 11.3. The molecule has 2 aromatic heterocycles. The second kappa shape index (κ2) is 11.7. The molecule has 1 N–H and O–H groups in total. The molecule has 1 fully saturated rings. The van der Waals surface area contributed by atoms with E-state index >= 15 is 0 Å². The molecule has 1 aromatic carbocycles. The van der Waals surface area contributed by atoms with Gasteiger partial charge in [-0.3, -0.25) is 0 Å². The van der Waals surface area contributed by atoms with Gasteiger partial charge in [-0.25, -0.2) is 19.7 Å². The number of nitrogens with one attached hydrogen (secondary N) is 1. The lowest BCUT2D eigenvalue weighted by molar-refractivity contribution is 0.0507. The number of rotatable bonds is 8. The molecule has 0 atom stereocenters. The van der Waals surface area contributed by atoms with Gasteiger partial charge < -0.3 is 19.7 Å². The highest BCUT2D eigenvalue weighted by atomic mass is 32.2. The molecule has 0 saturated carbocycles. The number of amides is 1. The Labute approximate surface area is 204 Å². The summed E-state index contributed by atoms with van der Waals surface area (Å²) in [5.74, 6) is 1.23. The van der Waals surface area contributed by atoms with Gasteiger partial charge in [0.1, 0.15) is 23.3 Å². The molecular weight excluding hydrogens is 450 g/mol. The molecule has 3 aromatic rings. The number of pyridine rings is 1. The van der Waals surface area contributed by atoms with E-state index in [2.05, 4.69) is 44.5 Å². The molecule has 1 aliphatic rings. The van der Waals surface area contributed by atoms with Crippen molar-refractivity contribution in [3.63, 3.8) is 0 Å². The van der Waals surface area contributed by atoms with Crippen molar-refractivity contribution < 1.29 is 14.3 Å². The molecule has 4 rings (SSSR count). The van der Waals surface area contributed by atoms with Crippen molar-refractivity contribution in [1.29, 1.82) is 0 Å². The number of piperidine rings is 1. The van der Waals surface area contributed by atoms with Crippen LogP contribution >= 0.6 is 11.8 Å². The van der Waals surface area contributed by atoms with Gasteiger partial charge in [-0.05, 0) is 43.7 Å². The summed E-state index contributed by atoms with van der Waals surface area (Å²) in [4.78, 5) is 27.8. The molecule has 0 unspecified atom stereocenters. The van der Waals surface area contributed by atoms with Crippen LogP contribution < -0.4 is 10.1 Å². The van der Waals surface area contributed by atoms with Crippen molar-refractivity contribution >= 4 is 23.7 Å². The predicted octanol–water partition coefficient (Wildman–Crippen LogP) is 5.02. The van der Waals surface area contributed by atoms with Gasteiger partial charge in [-0.2, -0.15) is 0 Å². The first-order chi connectivity index (χ1) is 16.5. The molecule has 3 heterocycles. The van der Waals surface area contributed by atoms with Crippen molar-refractivity contribution in [2.24, 2.45) is 0 Å². The summed E-state index contributed by atoms with van der Waals surface area (Å²) in [5, 5.41) is 4.30. The van der Waals surface area contributed by atoms with Gasteiger partial charge in [0, 0.05) is 49.6 Å². The number of ether oxygens (including phenoxy) is 2. The second-order valence-electron chi connectivity index (χ2n) is 8.25. The fourth-order valence-corrected chi connectivity index (χ4v) is 4.27. The maximum Gasteiger partial charge on any atom is 0.410 e. The van der Waals surface area contributed by atoms with E-state index in [9.17, 15) is 4.79 Å². The van der Waals surface area contributed by atoms with E-state index in [1.165, 1.54) is 6.33 Å². The number of anilines is 1. The quantitative estimate of drug-likeness (QED) is 0.482. The first kappa shape index (κ1) is 23.8. The fourth-order valence-electron chi connectivity index (χ4n) is 3.50. The minimum atomic E-state index is -0.259. The van der Waals surface area contributed by atoms with E-state index in [1.54, 1.807) is 22.9 Å². The van der Waals surface area contributed by atoms with Crippen molar-refractivity contribution in [3.05, 3.63) is 66.6 Å². The van der Waals surface area contributed by atoms with Gasteiger partial charge in [-0.15, -0.1) is 0 Å². The van der Waals surface area contributed by atoms with Gasteiger partial charge >= 0.3 is 6.09 Å². The number of aromatic nitrogens is 3. The average Bonchev–Trinajstić information content (AvgIpc) is 2.84. The van der Waals surface area contributed by atoms with Crippen LogP contribution in [-0.4, -0.2) is 51.2 Å². The molecule has 0 radical (unpaired) electrons. The third kappa shape index (κ3) is 7.08. The number of benzene rings is 1. The number of nitrogens with zero attached hydrogens (tertiary/aromatic N) is 4. The summed E-state index contributed by atoms with van der Waals surface area (Å²) in [6.45, 7) is 5.57. The third-order valence-electron chi connectivity index (χ3n) is 5.22. The Morgan fingerprint density at radius 2 is 1.91 bits per heavy atom. The van der Waals surface area contributed by atoms with E-state index < -0.39 is 0 Å². The largest absolute Gasteiger partial charge is 0.474 e. The van der Waals surface area contributed by atoms with Gasteiger partial charge in [0.2, 0.25) is 5.88 Å². The first-order valence-corrected chi connectivity index (χ1v) is 12.2. The van der Waals surface area contributed by atoms with Gasteiger partial charge in [0.05, 0.1) is 6.10 Å². The third-order valence-corrected chi connectivity index (χ3v) is 6.18. The molecule has 1 amide bonds.